The standard InChI is InChI=1S/C12H25NO/c1-3-11(7-8-14-2)9-13-10-12-5-4-6-12/h11-13H,3-10H2,1-2H3/t11-/m0/s1. The summed E-state index contributed by atoms with van der Waals surface area (Å²) >= 11 is 0. The topological polar surface area (TPSA) is 21.3 Å². The van der Waals surface area contributed by atoms with Gasteiger partial charge in [0.25, 0.3) is 0 Å². The summed E-state index contributed by atoms with van der Waals surface area (Å²) in [5.41, 5.74) is 0. The molecule has 0 spiro atoms. The Hall–Kier alpha value is -0.0800. The molecule has 0 heterocycles. The van der Waals surface area contributed by atoms with Crippen LogP contribution < -0.4 is 5.32 Å². The van der Waals surface area contributed by atoms with Crippen LogP contribution in [0.25, 0.3) is 0 Å². The highest BCUT2D eigenvalue weighted by atomic mass is 16.5. The summed E-state index contributed by atoms with van der Waals surface area (Å²) in [6.45, 7) is 5.59. The minimum absolute atomic E-state index is 0.801. The first-order valence-electron chi connectivity index (χ1n) is 6.06. The molecule has 1 fully saturated rings. The van der Waals surface area contributed by atoms with Crippen LogP contribution in [0.4, 0.5) is 0 Å². The fourth-order valence-electron chi connectivity index (χ4n) is 1.92. The van der Waals surface area contributed by atoms with Gasteiger partial charge in [0.05, 0.1) is 0 Å². The van der Waals surface area contributed by atoms with Crippen LogP contribution >= 0.6 is 0 Å². The minimum Gasteiger partial charge on any atom is -0.385 e. The predicted octanol–water partition coefficient (Wildman–Crippen LogP) is 2.44. The molecule has 2 nitrogen and oxygen atoms in total. The van der Waals surface area contributed by atoms with E-state index in [1.54, 1.807) is 7.11 Å². The van der Waals surface area contributed by atoms with Crippen molar-refractivity contribution < 1.29 is 4.74 Å². The smallest absolute Gasteiger partial charge is 0.0465 e. The van der Waals surface area contributed by atoms with Crippen LogP contribution in [0.1, 0.15) is 39.0 Å². The van der Waals surface area contributed by atoms with Gasteiger partial charge < -0.3 is 10.1 Å². The molecule has 0 radical (unpaired) electrons. The Morgan fingerprint density at radius 1 is 1.43 bits per heavy atom. The van der Waals surface area contributed by atoms with Crippen LogP contribution in [0.2, 0.25) is 0 Å². The Morgan fingerprint density at radius 2 is 2.21 bits per heavy atom. The lowest BCUT2D eigenvalue weighted by molar-refractivity contribution is 0.174. The third-order valence-electron chi connectivity index (χ3n) is 3.40. The number of hydrogen-bond donors (Lipinski definition) is 1. The molecule has 0 aromatic rings. The monoisotopic (exact) mass is 199 g/mol. The van der Waals surface area contributed by atoms with Gasteiger partial charge >= 0.3 is 0 Å². The number of ether oxygens (including phenoxy) is 1. The van der Waals surface area contributed by atoms with E-state index in [-0.39, 0.29) is 0 Å². The molecule has 14 heavy (non-hydrogen) atoms. The number of hydrogen-bond acceptors (Lipinski definition) is 2. The molecule has 0 aromatic heterocycles. The molecule has 0 aromatic carbocycles. The van der Waals surface area contributed by atoms with Crippen molar-refractivity contribution in [2.45, 2.75) is 39.0 Å². The lowest BCUT2D eigenvalue weighted by Crippen LogP contribution is -2.31. The summed E-state index contributed by atoms with van der Waals surface area (Å²) in [5, 5.41) is 3.59. The fourth-order valence-corrected chi connectivity index (χ4v) is 1.92. The van der Waals surface area contributed by atoms with Gasteiger partial charge in [0, 0.05) is 13.7 Å². The molecular weight excluding hydrogens is 174 g/mol. The highest BCUT2D eigenvalue weighted by Crippen LogP contribution is 2.25. The van der Waals surface area contributed by atoms with E-state index in [4.69, 9.17) is 4.74 Å². The van der Waals surface area contributed by atoms with Crippen molar-refractivity contribution >= 4 is 0 Å². The highest BCUT2D eigenvalue weighted by Gasteiger charge is 2.16. The Bertz CT molecular complexity index is 134. The van der Waals surface area contributed by atoms with Crippen molar-refractivity contribution in [2.75, 3.05) is 26.8 Å². The highest BCUT2D eigenvalue weighted by molar-refractivity contribution is 4.72. The van der Waals surface area contributed by atoms with Gasteiger partial charge in [-0.15, -0.1) is 0 Å². The van der Waals surface area contributed by atoms with Gasteiger partial charge in [-0.25, -0.2) is 0 Å². The molecule has 0 bridgehead atoms. The largest absolute Gasteiger partial charge is 0.385 e. The van der Waals surface area contributed by atoms with Gasteiger partial charge in [-0.05, 0) is 44.2 Å². The van der Waals surface area contributed by atoms with Gasteiger partial charge in [0.1, 0.15) is 0 Å². The summed E-state index contributed by atoms with van der Waals surface area (Å²) < 4.78 is 5.11. The molecule has 0 aliphatic heterocycles. The number of rotatable bonds is 8. The number of methoxy groups -OCH3 is 1. The van der Waals surface area contributed by atoms with E-state index in [1.807, 2.05) is 0 Å². The minimum atomic E-state index is 0.801. The van der Waals surface area contributed by atoms with Crippen molar-refractivity contribution in [3.8, 4) is 0 Å². The SMILES string of the molecule is CC[C@@H](CCOC)CNCC1CCC1. The second-order valence-electron chi connectivity index (χ2n) is 4.51. The maximum Gasteiger partial charge on any atom is 0.0465 e. The van der Waals surface area contributed by atoms with Gasteiger partial charge in [-0.2, -0.15) is 0 Å². The van der Waals surface area contributed by atoms with Gasteiger partial charge in [-0.1, -0.05) is 19.8 Å². The first-order chi connectivity index (χ1) is 6.86. The average Bonchev–Trinajstić information content (AvgIpc) is 2.14. The lowest BCUT2D eigenvalue weighted by Gasteiger charge is -2.26. The molecule has 1 saturated carbocycles. The van der Waals surface area contributed by atoms with Crippen molar-refractivity contribution in [1.29, 1.82) is 0 Å². The van der Waals surface area contributed by atoms with E-state index in [2.05, 4.69) is 12.2 Å². The van der Waals surface area contributed by atoms with Gasteiger partial charge in [-0.3, -0.25) is 0 Å². The maximum absolute atomic E-state index is 5.11. The van der Waals surface area contributed by atoms with Crippen LogP contribution in [0, 0.1) is 11.8 Å². The fraction of sp³-hybridized carbons (Fsp3) is 1.00. The molecule has 1 aliphatic rings. The first kappa shape index (κ1) is 12.0. The van der Waals surface area contributed by atoms with Crippen LogP contribution in [0.5, 0.6) is 0 Å². The second kappa shape index (κ2) is 7.24. The van der Waals surface area contributed by atoms with E-state index in [9.17, 15) is 0 Å². The van der Waals surface area contributed by atoms with Crippen molar-refractivity contribution in [3.05, 3.63) is 0 Å². The van der Waals surface area contributed by atoms with Crippen LogP contribution in [-0.2, 0) is 4.74 Å². The Kier molecular flexibility index (Phi) is 6.20. The number of nitrogens with one attached hydrogen (secondary N) is 1. The Morgan fingerprint density at radius 3 is 2.71 bits per heavy atom. The van der Waals surface area contributed by atoms with Crippen LogP contribution in [0.3, 0.4) is 0 Å². The second-order valence-corrected chi connectivity index (χ2v) is 4.51. The third-order valence-corrected chi connectivity index (χ3v) is 3.40. The van der Waals surface area contributed by atoms with Crippen molar-refractivity contribution in [3.63, 3.8) is 0 Å². The summed E-state index contributed by atoms with van der Waals surface area (Å²) in [7, 11) is 1.79. The quantitative estimate of drug-likeness (QED) is 0.648. The summed E-state index contributed by atoms with van der Waals surface area (Å²) in [6.07, 6.45) is 6.81. The average molecular weight is 199 g/mol. The zero-order valence-corrected chi connectivity index (χ0v) is 9.72. The van der Waals surface area contributed by atoms with E-state index in [0.29, 0.717) is 0 Å². The molecule has 0 amide bonds. The third kappa shape index (κ3) is 4.43. The van der Waals surface area contributed by atoms with Gasteiger partial charge in [0.2, 0.25) is 0 Å². The first-order valence-corrected chi connectivity index (χ1v) is 6.06. The molecule has 1 N–H and O–H groups in total. The van der Waals surface area contributed by atoms with E-state index < -0.39 is 0 Å². The van der Waals surface area contributed by atoms with E-state index in [0.717, 1.165) is 18.4 Å². The van der Waals surface area contributed by atoms with Crippen LogP contribution in [-0.4, -0.2) is 26.8 Å². The Balaban J connectivity index is 1.95. The maximum atomic E-state index is 5.11. The normalized spacial score (nSPS) is 19.3. The summed E-state index contributed by atoms with van der Waals surface area (Å²) in [4.78, 5) is 0. The molecule has 84 valence electrons. The molecule has 1 atom stereocenters. The Labute approximate surface area is 88.4 Å². The zero-order chi connectivity index (χ0) is 10.2. The molecular formula is C12H25NO. The molecule has 2 heteroatoms. The van der Waals surface area contributed by atoms with E-state index in [1.165, 1.54) is 45.2 Å². The zero-order valence-electron chi connectivity index (χ0n) is 9.72. The molecule has 0 saturated heterocycles. The lowest BCUT2D eigenvalue weighted by atomic mass is 9.85. The molecule has 0 unspecified atom stereocenters. The molecule has 1 rings (SSSR count). The predicted molar refractivity (Wildman–Crippen MR) is 60.5 cm³/mol. The van der Waals surface area contributed by atoms with Crippen molar-refractivity contribution in [2.24, 2.45) is 11.8 Å². The summed E-state index contributed by atoms with van der Waals surface area (Å²) in [6, 6.07) is 0. The van der Waals surface area contributed by atoms with Gasteiger partial charge in [0.15, 0.2) is 0 Å². The summed E-state index contributed by atoms with van der Waals surface area (Å²) in [5.74, 6) is 1.78. The van der Waals surface area contributed by atoms with E-state index >= 15 is 0 Å². The van der Waals surface area contributed by atoms with Crippen LogP contribution in [0.15, 0.2) is 0 Å². The molecule has 1 aliphatic carbocycles. The van der Waals surface area contributed by atoms with Crippen molar-refractivity contribution in [1.82, 2.24) is 5.32 Å².